The van der Waals surface area contributed by atoms with Crippen LogP contribution in [-0.2, 0) is 23.1 Å². The van der Waals surface area contributed by atoms with Gasteiger partial charge < -0.3 is 5.11 Å². The van der Waals surface area contributed by atoms with E-state index in [2.05, 4.69) is 11.2 Å². The molecule has 0 aliphatic heterocycles. The van der Waals surface area contributed by atoms with Gasteiger partial charge in [-0.25, -0.2) is 4.68 Å². The lowest BCUT2D eigenvalue weighted by molar-refractivity contribution is -0.138. The summed E-state index contributed by atoms with van der Waals surface area (Å²) >= 11 is 1.67. The van der Waals surface area contributed by atoms with Crippen LogP contribution in [0.5, 0.6) is 0 Å². The van der Waals surface area contributed by atoms with E-state index in [9.17, 15) is 18.0 Å². The third-order valence-corrected chi connectivity index (χ3v) is 6.50. The number of thioether (sulfide) groups is 1. The van der Waals surface area contributed by atoms with Gasteiger partial charge in [0.15, 0.2) is 0 Å². The van der Waals surface area contributed by atoms with Gasteiger partial charge in [-0.15, -0.1) is 11.8 Å². The number of alkyl halides is 3. The van der Waals surface area contributed by atoms with Crippen molar-refractivity contribution < 1.29 is 23.1 Å². The number of aliphatic carboxylic acids is 1. The van der Waals surface area contributed by atoms with E-state index >= 15 is 0 Å². The lowest BCUT2D eigenvalue weighted by Gasteiger charge is -2.10. The van der Waals surface area contributed by atoms with Crippen molar-refractivity contribution >= 4 is 28.6 Å². The van der Waals surface area contributed by atoms with Gasteiger partial charge in [0.1, 0.15) is 0 Å². The van der Waals surface area contributed by atoms with Gasteiger partial charge in [0.25, 0.3) is 0 Å². The number of carbonyl (C=O) groups is 1. The minimum atomic E-state index is -4.37. The summed E-state index contributed by atoms with van der Waals surface area (Å²) in [5.74, 6) is -0.109. The first-order valence-electron chi connectivity index (χ1n) is 10.3. The number of halogens is 3. The van der Waals surface area contributed by atoms with E-state index in [4.69, 9.17) is 5.11 Å². The van der Waals surface area contributed by atoms with E-state index in [0.29, 0.717) is 17.9 Å². The second kappa shape index (κ2) is 9.31. The largest absolute Gasteiger partial charge is 0.481 e. The molecule has 3 aromatic carbocycles. The number of aryl methyl sites for hydroxylation is 2. The minimum Gasteiger partial charge on any atom is -0.481 e. The first kappa shape index (κ1) is 22.9. The van der Waals surface area contributed by atoms with Crippen LogP contribution in [0.2, 0.25) is 0 Å². The molecular weight excluding hydrogens is 449 g/mol. The zero-order valence-corrected chi connectivity index (χ0v) is 18.6. The molecule has 0 radical (unpaired) electrons. The van der Waals surface area contributed by atoms with Gasteiger partial charge in [-0.2, -0.15) is 18.3 Å². The maximum absolute atomic E-state index is 12.9. The molecule has 0 fully saturated rings. The average Bonchev–Trinajstić information content (AvgIpc) is 3.21. The summed E-state index contributed by atoms with van der Waals surface area (Å²) in [5, 5.41) is 14.2. The van der Waals surface area contributed by atoms with Crippen molar-refractivity contribution in [2.75, 3.05) is 0 Å². The molecule has 0 aliphatic carbocycles. The third kappa shape index (κ3) is 5.22. The predicted molar refractivity (Wildman–Crippen MR) is 123 cm³/mol. The molecule has 0 amide bonds. The number of carboxylic acid groups (broad SMARTS) is 1. The van der Waals surface area contributed by atoms with Gasteiger partial charge in [-0.3, -0.25) is 4.79 Å². The summed E-state index contributed by atoms with van der Waals surface area (Å²) in [4.78, 5) is 11.9. The fraction of sp³-hybridized carbons (Fsp3) is 0.200. The lowest BCUT2D eigenvalue weighted by atomic mass is 10.0. The van der Waals surface area contributed by atoms with Crippen LogP contribution in [-0.4, -0.2) is 20.9 Å². The van der Waals surface area contributed by atoms with Gasteiger partial charge in [0.2, 0.25) is 0 Å². The molecule has 1 heterocycles. The minimum absolute atomic E-state index is 0.109. The van der Waals surface area contributed by atoms with Crippen LogP contribution in [0.3, 0.4) is 0 Å². The van der Waals surface area contributed by atoms with Crippen molar-refractivity contribution in [2.24, 2.45) is 0 Å². The van der Waals surface area contributed by atoms with Gasteiger partial charge in [0, 0.05) is 22.5 Å². The quantitative estimate of drug-likeness (QED) is 0.307. The summed E-state index contributed by atoms with van der Waals surface area (Å²) < 4.78 is 40.2. The maximum atomic E-state index is 12.9. The Balaban J connectivity index is 1.53. The number of aromatic nitrogens is 2. The number of hydrogen-bond acceptors (Lipinski definition) is 3. The number of hydrogen-bond donors (Lipinski definition) is 1. The van der Waals surface area contributed by atoms with Crippen molar-refractivity contribution in [3.63, 3.8) is 0 Å². The highest BCUT2D eigenvalue weighted by Gasteiger charge is 2.30. The fourth-order valence-electron chi connectivity index (χ4n) is 3.68. The molecule has 0 aliphatic rings. The molecule has 4 nitrogen and oxygen atoms in total. The summed E-state index contributed by atoms with van der Waals surface area (Å²) in [6.07, 6.45) is -2.02. The summed E-state index contributed by atoms with van der Waals surface area (Å²) in [7, 11) is 0. The molecular formula is C25H21F3N2O2S. The standard InChI is InChI=1S/C25H21F3N2O2S/c1-16-13-21(11-5-17(16)6-12-24(31)32)33-15-18-3-2-4-23-22(18)14-29-30(23)20-9-7-19(8-10-20)25(26,27)28/h2-5,7-11,13-14H,6,12,15H2,1H3,(H,31,32). The first-order chi connectivity index (χ1) is 15.7. The molecule has 0 bridgehead atoms. The van der Waals surface area contributed by atoms with Gasteiger partial charge in [-0.1, -0.05) is 18.2 Å². The van der Waals surface area contributed by atoms with E-state index in [1.807, 2.05) is 37.3 Å². The Kier molecular flexibility index (Phi) is 6.47. The smallest absolute Gasteiger partial charge is 0.416 e. The first-order valence-corrected chi connectivity index (χ1v) is 11.3. The Labute approximate surface area is 193 Å². The molecule has 1 N–H and O–H groups in total. The molecule has 170 valence electrons. The number of carboxylic acids is 1. The molecule has 0 atom stereocenters. The Morgan fingerprint density at radius 2 is 1.82 bits per heavy atom. The zero-order chi connectivity index (χ0) is 23.6. The molecule has 0 unspecified atom stereocenters. The molecule has 0 spiro atoms. The third-order valence-electron chi connectivity index (χ3n) is 5.46. The van der Waals surface area contributed by atoms with Crippen molar-refractivity contribution in [3.05, 3.63) is 89.1 Å². The van der Waals surface area contributed by atoms with Crippen LogP contribution in [0.1, 0.15) is 28.7 Å². The van der Waals surface area contributed by atoms with Crippen LogP contribution in [0.4, 0.5) is 13.2 Å². The van der Waals surface area contributed by atoms with Crippen molar-refractivity contribution in [1.82, 2.24) is 9.78 Å². The van der Waals surface area contributed by atoms with E-state index in [1.165, 1.54) is 12.1 Å². The van der Waals surface area contributed by atoms with Crippen LogP contribution in [0, 0.1) is 6.92 Å². The van der Waals surface area contributed by atoms with E-state index in [1.54, 1.807) is 22.6 Å². The Morgan fingerprint density at radius 1 is 1.06 bits per heavy atom. The van der Waals surface area contributed by atoms with Crippen molar-refractivity contribution in [1.29, 1.82) is 0 Å². The van der Waals surface area contributed by atoms with Crippen LogP contribution < -0.4 is 0 Å². The van der Waals surface area contributed by atoms with Crippen LogP contribution in [0.15, 0.2) is 71.8 Å². The highest BCUT2D eigenvalue weighted by molar-refractivity contribution is 7.98. The number of fused-ring (bicyclic) bond motifs is 1. The molecule has 4 aromatic rings. The van der Waals surface area contributed by atoms with Crippen molar-refractivity contribution in [3.8, 4) is 5.69 Å². The molecule has 1 aromatic heterocycles. The molecule has 0 saturated heterocycles. The predicted octanol–water partition coefficient (Wildman–Crippen LogP) is 6.66. The lowest BCUT2D eigenvalue weighted by Crippen LogP contribution is -2.05. The highest BCUT2D eigenvalue weighted by atomic mass is 32.2. The van der Waals surface area contributed by atoms with Crippen LogP contribution in [0.25, 0.3) is 16.6 Å². The topological polar surface area (TPSA) is 55.1 Å². The fourth-order valence-corrected chi connectivity index (χ4v) is 4.67. The molecule has 0 saturated carbocycles. The number of benzene rings is 3. The Bertz CT molecular complexity index is 1300. The summed E-state index contributed by atoms with van der Waals surface area (Å²) in [6, 6.07) is 16.8. The zero-order valence-electron chi connectivity index (χ0n) is 17.8. The number of nitrogens with zero attached hydrogens (tertiary/aromatic N) is 2. The SMILES string of the molecule is Cc1cc(SCc2cccc3c2cnn3-c2ccc(C(F)(F)F)cc2)ccc1CCC(=O)O. The number of rotatable bonds is 7. The molecule has 8 heteroatoms. The van der Waals surface area contributed by atoms with Gasteiger partial charge >= 0.3 is 12.1 Å². The van der Waals surface area contributed by atoms with E-state index in [-0.39, 0.29) is 6.42 Å². The maximum Gasteiger partial charge on any atom is 0.416 e. The summed E-state index contributed by atoms with van der Waals surface area (Å²) in [5.41, 5.74) is 3.87. The van der Waals surface area contributed by atoms with Gasteiger partial charge in [0.05, 0.1) is 23.0 Å². The average molecular weight is 471 g/mol. The highest BCUT2D eigenvalue weighted by Crippen LogP contribution is 2.32. The Hall–Kier alpha value is -3.26. The van der Waals surface area contributed by atoms with Crippen molar-refractivity contribution in [2.45, 2.75) is 36.6 Å². The molecule has 33 heavy (non-hydrogen) atoms. The second-order valence-corrected chi connectivity index (χ2v) is 8.77. The Morgan fingerprint density at radius 3 is 2.48 bits per heavy atom. The summed E-state index contributed by atoms with van der Waals surface area (Å²) in [6.45, 7) is 1.98. The monoisotopic (exact) mass is 470 g/mol. The van der Waals surface area contributed by atoms with Gasteiger partial charge in [-0.05, 0) is 72.5 Å². The van der Waals surface area contributed by atoms with E-state index < -0.39 is 17.7 Å². The second-order valence-electron chi connectivity index (χ2n) is 7.72. The normalized spacial score (nSPS) is 11.8. The molecule has 4 rings (SSSR count). The van der Waals surface area contributed by atoms with E-state index in [0.717, 1.165) is 44.6 Å². The van der Waals surface area contributed by atoms with Crippen LogP contribution >= 0.6 is 11.8 Å².